The van der Waals surface area contributed by atoms with Gasteiger partial charge in [0.05, 0.1) is 11.3 Å². The van der Waals surface area contributed by atoms with Gasteiger partial charge in [0.15, 0.2) is 0 Å². The molecule has 1 rings (SSSR count). The van der Waals surface area contributed by atoms with Gasteiger partial charge in [-0.3, -0.25) is 4.79 Å². The van der Waals surface area contributed by atoms with Crippen molar-refractivity contribution in [2.45, 2.75) is 31.7 Å². The summed E-state index contributed by atoms with van der Waals surface area (Å²) < 4.78 is 38.0. The summed E-state index contributed by atoms with van der Waals surface area (Å²) in [7, 11) is 0. The smallest absolute Gasteiger partial charge is 0.398 e. The highest BCUT2D eigenvalue weighted by atomic mass is 32.2. The fraction of sp³-hybridized carbons (Fsp3) is 0.462. The number of nitrogen functional groups attached to an aromatic ring is 1. The fourth-order valence-corrected chi connectivity index (χ4v) is 2.16. The molecular weight excluding hydrogens is 289 g/mol. The first-order chi connectivity index (χ1) is 9.24. The largest absolute Gasteiger partial charge is 0.418 e. The number of amides is 1. The lowest BCUT2D eigenvalue weighted by atomic mass is 10.1. The van der Waals surface area contributed by atoms with E-state index in [1.165, 1.54) is 17.8 Å². The van der Waals surface area contributed by atoms with Crippen molar-refractivity contribution in [2.75, 3.05) is 16.8 Å². The van der Waals surface area contributed by atoms with Crippen LogP contribution in [0.25, 0.3) is 0 Å². The van der Waals surface area contributed by atoms with Gasteiger partial charge in [0.25, 0.3) is 0 Å². The van der Waals surface area contributed by atoms with Crippen LogP contribution in [0.2, 0.25) is 0 Å². The zero-order valence-electron chi connectivity index (χ0n) is 11.3. The molecule has 1 unspecified atom stereocenters. The Morgan fingerprint density at radius 2 is 2.10 bits per heavy atom. The number of rotatable bonds is 5. The molecule has 20 heavy (non-hydrogen) atoms. The molecule has 0 aromatic heterocycles. The third-order valence-corrected chi connectivity index (χ3v) is 4.05. The second kappa shape index (κ2) is 6.88. The highest BCUT2D eigenvalue weighted by Crippen LogP contribution is 2.35. The number of alkyl halides is 3. The topological polar surface area (TPSA) is 55.1 Å². The number of halogens is 3. The monoisotopic (exact) mass is 306 g/mol. The van der Waals surface area contributed by atoms with E-state index in [4.69, 9.17) is 5.73 Å². The SMILES string of the molecule is CCC(C)SCC(=O)Nc1ccc(N)c(C(F)(F)F)c1. The van der Waals surface area contributed by atoms with Gasteiger partial charge < -0.3 is 11.1 Å². The zero-order chi connectivity index (χ0) is 15.3. The van der Waals surface area contributed by atoms with Gasteiger partial charge in [0.1, 0.15) is 0 Å². The van der Waals surface area contributed by atoms with Crippen LogP contribution in [-0.2, 0) is 11.0 Å². The Hall–Kier alpha value is -1.37. The zero-order valence-corrected chi connectivity index (χ0v) is 12.1. The minimum absolute atomic E-state index is 0.0984. The first-order valence-electron chi connectivity index (χ1n) is 6.12. The summed E-state index contributed by atoms with van der Waals surface area (Å²) in [5.74, 6) is -0.117. The number of hydrogen-bond acceptors (Lipinski definition) is 3. The van der Waals surface area contributed by atoms with Gasteiger partial charge in [0.2, 0.25) is 5.91 Å². The number of nitrogens with two attached hydrogens (primary N) is 1. The normalized spacial score (nSPS) is 13.1. The van der Waals surface area contributed by atoms with Crippen molar-refractivity contribution in [3.8, 4) is 0 Å². The van der Waals surface area contributed by atoms with Crippen molar-refractivity contribution in [2.24, 2.45) is 0 Å². The lowest BCUT2D eigenvalue weighted by molar-refractivity contribution is -0.136. The molecule has 0 spiro atoms. The molecule has 1 amide bonds. The Morgan fingerprint density at radius 1 is 1.45 bits per heavy atom. The Bertz CT molecular complexity index is 477. The third-order valence-electron chi connectivity index (χ3n) is 2.72. The number of nitrogens with one attached hydrogen (secondary N) is 1. The van der Waals surface area contributed by atoms with Crippen molar-refractivity contribution in [3.63, 3.8) is 0 Å². The maximum atomic E-state index is 12.7. The second-order valence-corrected chi connectivity index (χ2v) is 5.80. The number of hydrogen-bond donors (Lipinski definition) is 2. The Labute approximate surface area is 120 Å². The van der Waals surface area contributed by atoms with E-state index in [9.17, 15) is 18.0 Å². The third kappa shape index (κ3) is 4.96. The van der Waals surface area contributed by atoms with E-state index in [-0.39, 0.29) is 23.0 Å². The predicted octanol–water partition coefficient (Wildman–Crippen LogP) is 3.76. The molecule has 0 heterocycles. The van der Waals surface area contributed by atoms with Crippen molar-refractivity contribution >= 4 is 29.0 Å². The van der Waals surface area contributed by atoms with Gasteiger partial charge in [-0.25, -0.2) is 0 Å². The summed E-state index contributed by atoms with van der Waals surface area (Å²) in [6, 6.07) is 3.35. The molecule has 0 fully saturated rings. The summed E-state index contributed by atoms with van der Waals surface area (Å²) in [6.07, 6.45) is -3.60. The molecule has 1 aromatic rings. The average molecular weight is 306 g/mol. The van der Waals surface area contributed by atoms with Gasteiger partial charge >= 0.3 is 6.18 Å². The molecule has 0 aliphatic rings. The van der Waals surface area contributed by atoms with E-state index in [0.29, 0.717) is 5.25 Å². The molecule has 112 valence electrons. The second-order valence-electron chi connectivity index (χ2n) is 4.38. The van der Waals surface area contributed by atoms with E-state index < -0.39 is 11.7 Å². The number of thioether (sulfide) groups is 1. The Morgan fingerprint density at radius 3 is 2.65 bits per heavy atom. The van der Waals surface area contributed by atoms with Crippen LogP contribution in [0.5, 0.6) is 0 Å². The highest BCUT2D eigenvalue weighted by molar-refractivity contribution is 8.00. The van der Waals surface area contributed by atoms with Crippen molar-refractivity contribution < 1.29 is 18.0 Å². The Kier molecular flexibility index (Phi) is 5.74. The molecule has 0 aliphatic heterocycles. The molecule has 0 bridgehead atoms. The van der Waals surface area contributed by atoms with Gasteiger partial charge in [-0.05, 0) is 24.6 Å². The van der Waals surface area contributed by atoms with Crippen molar-refractivity contribution in [3.05, 3.63) is 23.8 Å². The summed E-state index contributed by atoms with van der Waals surface area (Å²) in [5, 5.41) is 2.78. The van der Waals surface area contributed by atoms with E-state index in [0.717, 1.165) is 18.6 Å². The van der Waals surface area contributed by atoms with E-state index in [1.54, 1.807) is 0 Å². The van der Waals surface area contributed by atoms with Crippen LogP contribution in [0.1, 0.15) is 25.8 Å². The number of benzene rings is 1. The molecule has 0 radical (unpaired) electrons. The van der Waals surface area contributed by atoms with Crippen LogP contribution < -0.4 is 11.1 Å². The predicted molar refractivity (Wildman–Crippen MR) is 76.7 cm³/mol. The maximum Gasteiger partial charge on any atom is 0.418 e. The van der Waals surface area contributed by atoms with Crippen LogP contribution in [0.15, 0.2) is 18.2 Å². The van der Waals surface area contributed by atoms with Crippen LogP contribution in [-0.4, -0.2) is 16.9 Å². The molecule has 3 nitrogen and oxygen atoms in total. The van der Waals surface area contributed by atoms with Gasteiger partial charge in [-0.15, -0.1) is 11.8 Å². The van der Waals surface area contributed by atoms with Crippen molar-refractivity contribution in [1.82, 2.24) is 0 Å². The molecular formula is C13H17F3N2OS. The molecule has 0 saturated carbocycles. The number of carbonyl (C=O) groups excluding carboxylic acids is 1. The highest BCUT2D eigenvalue weighted by Gasteiger charge is 2.33. The first-order valence-corrected chi connectivity index (χ1v) is 7.17. The summed E-state index contributed by atoms with van der Waals surface area (Å²) in [6.45, 7) is 3.99. The molecule has 0 aliphatic carbocycles. The summed E-state index contributed by atoms with van der Waals surface area (Å²) in [5.41, 5.74) is 4.09. The standard InChI is InChI=1S/C13H17F3N2OS/c1-3-8(2)20-7-12(19)18-9-4-5-11(17)10(6-9)13(14,15)16/h4-6,8H,3,7,17H2,1-2H3,(H,18,19). The quantitative estimate of drug-likeness (QED) is 0.814. The van der Waals surface area contributed by atoms with Crippen LogP contribution >= 0.6 is 11.8 Å². The van der Waals surface area contributed by atoms with Gasteiger partial charge in [-0.1, -0.05) is 13.8 Å². The van der Waals surface area contributed by atoms with Crippen molar-refractivity contribution in [1.29, 1.82) is 0 Å². The maximum absolute atomic E-state index is 12.7. The molecule has 1 atom stereocenters. The summed E-state index contributed by atoms with van der Waals surface area (Å²) >= 11 is 1.46. The molecule has 7 heteroatoms. The minimum atomic E-state index is -4.53. The molecule has 1 aromatic carbocycles. The molecule has 3 N–H and O–H groups in total. The van der Waals surface area contributed by atoms with Crippen LogP contribution in [0.4, 0.5) is 24.5 Å². The average Bonchev–Trinajstić information content (AvgIpc) is 2.37. The van der Waals surface area contributed by atoms with Crippen LogP contribution in [0, 0.1) is 0 Å². The lowest BCUT2D eigenvalue weighted by Crippen LogP contribution is -2.17. The fourth-order valence-electron chi connectivity index (χ4n) is 1.41. The number of carbonyl (C=O) groups is 1. The van der Waals surface area contributed by atoms with Gasteiger partial charge in [-0.2, -0.15) is 13.2 Å². The molecule has 0 saturated heterocycles. The van der Waals surface area contributed by atoms with Gasteiger partial charge in [0, 0.05) is 16.6 Å². The van der Waals surface area contributed by atoms with E-state index in [2.05, 4.69) is 5.32 Å². The first kappa shape index (κ1) is 16.7. The minimum Gasteiger partial charge on any atom is -0.398 e. The lowest BCUT2D eigenvalue weighted by Gasteiger charge is -2.13. The van der Waals surface area contributed by atoms with E-state index in [1.807, 2.05) is 13.8 Å². The van der Waals surface area contributed by atoms with Crippen LogP contribution in [0.3, 0.4) is 0 Å². The van der Waals surface area contributed by atoms with E-state index >= 15 is 0 Å². The number of anilines is 2. The summed E-state index contributed by atoms with van der Waals surface area (Å²) in [4.78, 5) is 11.6. The Balaban J connectivity index is 2.71.